The Morgan fingerprint density at radius 2 is 1.79 bits per heavy atom. The van der Waals surface area contributed by atoms with Crippen molar-refractivity contribution >= 4 is 35.0 Å². The summed E-state index contributed by atoms with van der Waals surface area (Å²) >= 11 is 5.19. The van der Waals surface area contributed by atoms with E-state index in [-0.39, 0.29) is 16.7 Å². The molecule has 0 aliphatic carbocycles. The minimum atomic E-state index is -0.488. The number of carbonyl (C=O) groups is 1. The van der Waals surface area contributed by atoms with Gasteiger partial charge in [-0.2, -0.15) is 0 Å². The molecule has 5 heteroatoms. The summed E-state index contributed by atoms with van der Waals surface area (Å²) < 4.78 is 14.0. The lowest BCUT2D eigenvalue weighted by Crippen LogP contribution is -2.31. The Morgan fingerprint density at radius 3 is 2.42 bits per heavy atom. The predicted molar refractivity (Wildman–Crippen MR) is 98.1 cm³/mol. The van der Waals surface area contributed by atoms with Crippen LogP contribution in [-0.4, -0.2) is 11.0 Å². The van der Waals surface area contributed by atoms with Crippen molar-refractivity contribution in [3.63, 3.8) is 0 Å². The number of hydrogen-bond donors (Lipinski definition) is 1. The second kappa shape index (κ2) is 6.53. The van der Waals surface area contributed by atoms with Gasteiger partial charge in [0.2, 0.25) is 0 Å². The molecule has 0 unspecified atom stereocenters. The number of para-hydroxylation sites is 1. The molecule has 1 aliphatic heterocycles. The number of thiocarbonyl (C=S) groups is 1. The van der Waals surface area contributed by atoms with Crippen LogP contribution in [0.3, 0.4) is 0 Å². The topological polar surface area (TPSA) is 32.3 Å². The van der Waals surface area contributed by atoms with Crippen molar-refractivity contribution in [2.45, 2.75) is 19.8 Å². The normalized spacial score (nSPS) is 16.2. The molecule has 24 heavy (non-hydrogen) atoms. The van der Waals surface area contributed by atoms with Crippen LogP contribution in [0.4, 0.5) is 10.1 Å². The fraction of sp³-hybridized carbons (Fsp3) is 0.158. The second-order valence-electron chi connectivity index (χ2n) is 5.90. The van der Waals surface area contributed by atoms with Gasteiger partial charge in [0.15, 0.2) is 5.11 Å². The van der Waals surface area contributed by atoms with Crippen LogP contribution in [0.15, 0.2) is 54.2 Å². The van der Waals surface area contributed by atoms with Gasteiger partial charge in [-0.15, -0.1) is 0 Å². The highest BCUT2D eigenvalue weighted by molar-refractivity contribution is 7.80. The Balaban J connectivity index is 1.90. The molecular formula is C19H17FN2OS. The molecule has 1 N–H and O–H groups in total. The summed E-state index contributed by atoms with van der Waals surface area (Å²) in [5, 5.41) is 3.04. The van der Waals surface area contributed by atoms with Crippen molar-refractivity contribution in [1.29, 1.82) is 0 Å². The van der Waals surface area contributed by atoms with Gasteiger partial charge in [0.25, 0.3) is 5.91 Å². The number of nitrogens with one attached hydrogen (secondary N) is 1. The van der Waals surface area contributed by atoms with Gasteiger partial charge in [-0.25, -0.2) is 9.29 Å². The van der Waals surface area contributed by atoms with Gasteiger partial charge in [0.05, 0.1) is 5.69 Å². The number of amides is 1. The Kier molecular flexibility index (Phi) is 4.44. The van der Waals surface area contributed by atoms with Crippen LogP contribution in [0.5, 0.6) is 0 Å². The van der Waals surface area contributed by atoms with Crippen LogP contribution in [0.2, 0.25) is 0 Å². The van der Waals surface area contributed by atoms with E-state index in [4.69, 9.17) is 12.2 Å². The zero-order valence-electron chi connectivity index (χ0n) is 13.4. The highest BCUT2D eigenvalue weighted by atomic mass is 32.1. The predicted octanol–water partition coefficient (Wildman–Crippen LogP) is 4.21. The van der Waals surface area contributed by atoms with Crippen molar-refractivity contribution in [2.24, 2.45) is 0 Å². The first-order valence-electron chi connectivity index (χ1n) is 7.69. The minimum Gasteiger partial charge on any atom is -0.327 e. The molecular weight excluding hydrogens is 323 g/mol. The fourth-order valence-corrected chi connectivity index (χ4v) is 2.82. The zero-order chi connectivity index (χ0) is 17.3. The highest BCUT2D eigenvalue weighted by Crippen LogP contribution is 2.25. The Bertz CT molecular complexity index is 828. The Morgan fingerprint density at radius 1 is 1.12 bits per heavy atom. The van der Waals surface area contributed by atoms with Gasteiger partial charge < -0.3 is 5.32 Å². The van der Waals surface area contributed by atoms with Crippen molar-refractivity contribution in [3.05, 3.63) is 71.2 Å². The summed E-state index contributed by atoms with van der Waals surface area (Å²) in [6, 6.07) is 14.0. The molecule has 3 nitrogen and oxygen atoms in total. The molecule has 3 rings (SSSR count). The highest BCUT2D eigenvalue weighted by Gasteiger charge is 2.33. The standard InChI is InChI=1S/C19H17FN2OS/c1-12(2)14-9-7-13(8-10-14)11-16-18(23)22(19(24)21-16)17-6-4-3-5-15(17)20/h3-12H,1-2H3,(H,21,24)/b16-11-. The van der Waals surface area contributed by atoms with E-state index in [0.29, 0.717) is 11.6 Å². The number of carbonyl (C=O) groups excluding carboxylic acids is 1. The summed E-state index contributed by atoms with van der Waals surface area (Å²) in [4.78, 5) is 13.8. The van der Waals surface area contributed by atoms with Crippen LogP contribution < -0.4 is 10.2 Å². The van der Waals surface area contributed by atoms with E-state index < -0.39 is 5.82 Å². The molecule has 0 radical (unpaired) electrons. The van der Waals surface area contributed by atoms with Crippen LogP contribution in [0.25, 0.3) is 6.08 Å². The lowest BCUT2D eigenvalue weighted by molar-refractivity contribution is -0.113. The summed E-state index contributed by atoms with van der Waals surface area (Å²) in [5.74, 6) is -0.405. The van der Waals surface area contributed by atoms with Crippen LogP contribution in [-0.2, 0) is 4.79 Å². The second-order valence-corrected chi connectivity index (χ2v) is 6.29. The smallest absolute Gasteiger partial charge is 0.281 e. The summed E-state index contributed by atoms with van der Waals surface area (Å²) in [6.45, 7) is 4.25. The van der Waals surface area contributed by atoms with E-state index in [0.717, 1.165) is 5.56 Å². The summed E-state index contributed by atoms with van der Waals surface area (Å²) in [6.07, 6.45) is 1.72. The number of hydrogen-bond acceptors (Lipinski definition) is 2. The fourth-order valence-electron chi connectivity index (χ4n) is 2.53. The molecule has 1 heterocycles. The van der Waals surface area contributed by atoms with Crippen LogP contribution >= 0.6 is 12.2 Å². The molecule has 0 spiro atoms. The first-order chi connectivity index (χ1) is 11.5. The van der Waals surface area contributed by atoms with E-state index in [2.05, 4.69) is 19.2 Å². The number of halogens is 1. The molecule has 1 fully saturated rings. The van der Waals surface area contributed by atoms with Crippen molar-refractivity contribution in [2.75, 3.05) is 4.90 Å². The molecule has 1 saturated heterocycles. The van der Waals surface area contributed by atoms with E-state index in [1.807, 2.05) is 24.3 Å². The number of benzene rings is 2. The number of rotatable bonds is 3. The quantitative estimate of drug-likeness (QED) is 0.671. The van der Waals surface area contributed by atoms with Gasteiger partial charge in [0, 0.05) is 0 Å². The average Bonchev–Trinajstić information content (AvgIpc) is 2.83. The lowest BCUT2D eigenvalue weighted by Gasteiger charge is -2.14. The summed E-state index contributed by atoms with van der Waals surface area (Å²) in [7, 11) is 0. The van der Waals surface area contributed by atoms with E-state index >= 15 is 0 Å². The monoisotopic (exact) mass is 340 g/mol. The SMILES string of the molecule is CC(C)c1ccc(/C=C2\NC(=S)N(c3ccccc3F)C2=O)cc1. The van der Waals surface area contributed by atoms with Gasteiger partial charge in [-0.3, -0.25) is 4.79 Å². The third kappa shape index (κ3) is 3.08. The van der Waals surface area contributed by atoms with E-state index in [9.17, 15) is 9.18 Å². The van der Waals surface area contributed by atoms with Crippen molar-refractivity contribution < 1.29 is 9.18 Å². The molecule has 0 bridgehead atoms. The number of nitrogens with zero attached hydrogens (tertiary/aromatic N) is 1. The molecule has 2 aromatic rings. The van der Waals surface area contributed by atoms with Crippen LogP contribution in [0, 0.1) is 5.82 Å². The van der Waals surface area contributed by atoms with E-state index in [1.165, 1.54) is 22.6 Å². The Labute approximate surface area is 145 Å². The largest absolute Gasteiger partial charge is 0.327 e. The van der Waals surface area contributed by atoms with E-state index in [1.54, 1.807) is 18.2 Å². The van der Waals surface area contributed by atoms with Gasteiger partial charge in [-0.1, -0.05) is 50.2 Å². The zero-order valence-corrected chi connectivity index (χ0v) is 14.2. The van der Waals surface area contributed by atoms with Crippen LogP contribution in [0.1, 0.15) is 30.9 Å². The molecule has 2 aromatic carbocycles. The average molecular weight is 340 g/mol. The third-order valence-electron chi connectivity index (χ3n) is 3.89. The molecule has 0 aromatic heterocycles. The molecule has 0 atom stereocenters. The van der Waals surface area contributed by atoms with Gasteiger partial charge in [0.1, 0.15) is 11.5 Å². The third-order valence-corrected chi connectivity index (χ3v) is 4.17. The molecule has 0 saturated carbocycles. The van der Waals surface area contributed by atoms with Gasteiger partial charge >= 0.3 is 0 Å². The lowest BCUT2D eigenvalue weighted by atomic mass is 10.0. The molecule has 122 valence electrons. The maximum Gasteiger partial charge on any atom is 0.281 e. The van der Waals surface area contributed by atoms with Gasteiger partial charge in [-0.05, 0) is 47.5 Å². The maximum atomic E-state index is 14.0. The summed E-state index contributed by atoms with van der Waals surface area (Å²) in [5.41, 5.74) is 2.60. The minimum absolute atomic E-state index is 0.151. The molecule has 1 aliphatic rings. The van der Waals surface area contributed by atoms with Crippen molar-refractivity contribution in [1.82, 2.24) is 5.32 Å². The first-order valence-corrected chi connectivity index (χ1v) is 8.10. The number of anilines is 1. The maximum absolute atomic E-state index is 14.0. The Hall–Kier alpha value is -2.53. The molecule has 1 amide bonds. The van der Waals surface area contributed by atoms with Crippen molar-refractivity contribution in [3.8, 4) is 0 Å². The first kappa shape index (κ1) is 16.3.